The molecular formula is C13H21N3O. The third-order valence-corrected chi connectivity index (χ3v) is 2.90. The van der Waals surface area contributed by atoms with E-state index in [1.165, 1.54) is 0 Å². The average Bonchev–Trinajstić information content (AvgIpc) is 2.37. The zero-order chi connectivity index (χ0) is 12.8. The Labute approximate surface area is 103 Å². The average molecular weight is 235 g/mol. The number of amides is 1. The Morgan fingerprint density at radius 2 is 1.94 bits per heavy atom. The van der Waals surface area contributed by atoms with Crippen LogP contribution in [0, 0.1) is 0 Å². The molecule has 4 nitrogen and oxygen atoms in total. The van der Waals surface area contributed by atoms with Crippen molar-refractivity contribution >= 4 is 11.6 Å². The SMILES string of the molecule is CCN(C)C(=O)CN(C)c1ccccc1CN. The number of rotatable bonds is 5. The molecule has 1 rings (SSSR count). The van der Waals surface area contributed by atoms with Gasteiger partial charge in [0.2, 0.25) is 5.91 Å². The van der Waals surface area contributed by atoms with Crippen LogP contribution >= 0.6 is 0 Å². The number of hydrogen-bond donors (Lipinski definition) is 1. The number of benzene rings is 1. The summed E-state index contributed by atoms with van der Waals surface area (Å²) >= 11 is 0. The van der Waals surface area contributed by atoms with Gasteiger partial charge in [0.1, 0.15) is 0 Å². The van der Waals surface area contributed by atoms with Crippen LogP contribution in [0.3, 0.4) is 0 Å². The molecular weight excluding hydrogens is 214 g/mol. The molecule has 0 bridgehead atoms. The summed E-state index contributed by atoms with van der Waals surface area (Å²) in [5.41, 5.74) is 7.76. The lowest BCUT2D eigenvalue weighted by molar-refractivity contribution is -0.128. The topological polar surface area (TPSA) is 49.6 Å². The summed E-state index contributed by atoms with van der Waals surface area (Å²) in [7, 11) is 3.72. The first kappa shape index (κ1) is 13.5. The number of likely N-dealkylation sites (N-methyl/N-ethyl adjacent to an activating group) is 2. The largest absolute Gasteiger partial charge is 0.365 e. The van der Waals surface area contributed by atoms with E-state index in [-0.39, 0.29) is 5.91 Å². The molecule has 0 aliphatic heterocycles. The Hall–Kier alpha value is -1.55. The first-order chi connectivity index (χ1) is 8.10. The van der Waals surface area contributed by atoms with Gasteiger partial charge in [0, 0.05) is 32.9 Å². The van der Waals surface area contributed by atoms with E-state index < -0.39 is 0 Å². The van der Waals surface area contributed by atoms with Crippen LogP contribution in [0.1, 0.15) is 12.5 Å². The fraction of sp³-hybridized carbons (Fsp3) is 0.462. The van der Waals surface area contributed by atoms with Gasteiger partial charge >= 0.3 is 0 Å². The molecule has 1 amide bonds. The zero-order valence-electron chi connectivity index (χ0n) is 10.8. The number of carbonyl (C=O) groups excluding carboxylic acids is 1. The molecule has 0 fully saturated rings. The van der Waals surface area contributed by atoms with Gasteiger partial charge in [0.05, 0.1) is 6.54 Å². The second-order valence-corrected chi connectivity index (χ2v) is 4.10. The molecule has 94 valence electrons. The first-order valence-electron chi connectivity index (χ1n) is 5.83. The van der Waals surface area contributed by atoms with Crippen molar-refractivity contribution in [2.45, 2.75) is 13.5 Å². The molecule has 0 radical (unpaired) electrons. The molecule has 0 unspecified atom stereocenters. The maximum absolute atomic E-state index is 11.8. The molecule has 0 spiro atoms. The predicted molar refractivity (Wildman–Crippen MR) is 70.9 cm³/mol. The Morgan fingerprint density at radius 3 is 2.53 bits per heavy atom. The highest BCUT2D eigenvalue weighted by Gasteiger charge is 2.12. The maximum Gasteiger partial charge on any atom is 0.241 e. The van der Waals surface area contributed by atoms with Gasteiger partial charge in [-0.25, -0.2) is 0 Å². The number of carbonyl (C=O) groups is 1. The molecule has 0 aromatic heterocycles. The van der Waals surface area contributed by atoms with Crippen LogP contribution < -0.4 is 10.6 Å². The summed E-state index contributed by atoms with van der Waals surface area (Å²) in [4.78, 5) is 15.5. The normalized spacial score (nSPS) is 10.1. The van der Waals surface area contributed by atoms with Crippen LogP contribution in [0.15, 0.2) is 24.3 Å². The number of nitrogens with zero attached hydrogens (tertiary/aromatic N) is 2. The van der Waals surface area contributed by atoms with Crippen LogP contribution in [0.2, 0.25) is 0 Å². The van der Waals surface area contributed by atoms with E-state index in [9.17, 15) is 4.79 Å². The fourth-order valence-corrected chi connectivity index (χ4v) is 1.64. The van der Waals surface area contributed by atoms with Crippen molar-refractivity contribution in [3.63, 3.8) is 0 Å². The standard InChI is InChI=1S/C13H21N3O/c1-4-15(2)13(17)10-16(3)12-8-6-5-7-11(12)9-14/h5-8H,4,9-10,14H2,1-3H3. The molecule has 0 atom stereocenters. The highest BCUT2D eigenvalue weighted by molar-refractivity contribution is 5.81. The van der Waals surface area contributed by atoms with Crippen molar-refractivity contribution in [2.75, 3.05) is 32.1 Å². The minimum atomic E-state index is 0.113. The third kappa shape index (κ3) is 3.46. The molecule has 0 aliphatic carbocycles. The third-order valence-electron chi connectivity index (χ3n) is 2.90. The summed E-state index contributed by atoms with van der Waals surface area (Å²) in [6.45, 7) is 3.55. The first-order valence-corrected chi connectivity index (χ1v) is 5.83. The summed E-state index contributed by atoms with van der Waals surface area (Å²) in [5.74, 6) is 0.113. The number of anilines is 1. The molecule has 4 heteroatoms. The molecule has 0 saturated heterocycles. The highest BCUT2D eigenvalue weighted by atomic mass is 16.2. The quantitative estimate of drug-likeness (QED) is 0.830. The van der Waals surface area contributed by atoms with Crippen molar-refractivity contribution in [1.82, 2.24) is 4.90 Å². The molecule has 2 N–H and O–H groups in total. The van der Waals surface area contributed by atoms with Crippen LogP contribution in [-0.2, 0) is 11.3 Å². The van der Waals surface area contributed by atoms with E-state index in [0.29, 0.717) is 13.1 Å². The van der Waals surface area contributed by atoms with Crippen molar-refractivity contribution in [3.05, 3.63) is 29.8 Å². The van der Waals surface area contributed by atoms with Gasteiger partial charge in [-0.05, 0) is 18.6 Å². The van der Waals surface area contributed by atoms with Crippen LogP contribution in [0.25, 0.3) is 0 Å². The lowest BCUT2D eigenvalue weighted by Crippen LogP contribution is -2.36. The second kappa shape index (κ2) is 6.25. The van der Waals surface area contributed by atoms with Gasteiger partial charge in [-0.2, -0.15) is 0 Å². The van der Waals surface area contributed by atoms with E-state index in [1.807, 2.05) is 50.2 Å². The van der Waals surface area contributed by atoms with Gasteiger partial charge in [-0.15, -0.1) is 0 Å². The van der Waals surface area contributed by atoms with Gasteiger partial charge < -0.3 is 15.5 Å². The summed E-state index contributed by atoms with van der Waals surface area (Å²) in [5, 5.41) is 0. The number of para-hydroxylation sites is 1. The smallest absolute Gasteiger partial charge is 0.241 e. The van der Waals surface area contributed by atoms with Crippen molar-refractivity contribution in [3.8, 4) is 0 Å². The van der Waals surface area contributed by atoms with E-state index in [4.69, 9.17) is 5.73 Å². The predicted octanol–water partition coefficient (Wildman–Crippen LogP) is 1.06. The van der Waals surface area contributed by atoms with E-state index in [2.05, 4.69) is 0 Å². The molecule has 17 heavy (non-hydrogen) atoms. The Morgan fingerprint density at radius 1 is 1.29 bits per heavy atom. The summed E-state index contributed by atoms with van der Waals surface area (Å²) in [6.07, 6.45) is 0. The van der Waals surface area contributed by atoms with Crippen LogP contribution in [-0.4, -0.2) is 38.0 Å². The Kier molecular flexibility index (Phi) is 4.97. The minimum Gasteiger partial charge on any atom is -0.365 e. The van der Waals surface area contributed by atoms with Crippen molar-refractivity contribution in [2.24, 2.45) is 5.73 Å². The van der Waals surface area contributed by atoms with Gasteiger partial charge in [-0.3, -0.25) is 4.79 Å². The van der Waals surface area contributed by atoms with Crippen molar-refractivity contribution < 1.29 is 4.79 Å². The molecule has 1 aromatic carbocycles. The maximum atomic E-state index is 11.8. The lowest BCUT2D eigenvalue weighted by atomic mass is 10.1. The lowest BCUT2D eigenvalue weighted by Gasteiger charge is -2.24. The summed E-state index contributed by atoms with van der Waals surface area (Å²) in [6, 6.07) is 7.89. The van der Waals surface area contributed by atoms with E-state index in [1.54, 1.807) is 4.90 Å². The second-order valence-electron chi connectivity index (χ2n) is 4.10. The minimum absolute atomic E-state index is 0.113. The van der Waals surface area contributed by atoms with E-state index in [0.717, 1.165) is 17.8 Å². The molecule has 1 aromatic rings. The summed E-state index contributed by atoms with van der Waals surface area (Å²) < 4.78 is 0. The van der Waals surface area contributed by atoms with Crippen LogP contribution in [0.4, 0.5) is 5.69 Å². The fourth-order valence-electron chi connectivity index (χ4n) is 1.64. The number of nitrogens with two attached hydrogens (primary N) is 1. The van der Waals surface area contributed by atoms with Gasteiger partial charge in [-0.1, -0.05) is 18.2 Å². The number of hydrogen-bond acceptors (Lipinski definition) is 3. The van der Waals surface area contributed by atoms with Crippen molar-refractivity contribution in [1.29, 1.82) is 0 Å². The monoisotopic (exact) mass is 235 g/mol. The van der Waals surface area contributed by atoms with E-state index >= 15 is 0 Å². The van der Waals surface area contributed by atoms with Gasteiger partial charge in [0.15, 0.2) is 0 Å². The molecule has 0 aliphatic rings. The zero-order valence-corrected chi connectivity index (χ0v) is 10.8. The molecule has 0 saturated carbocycles. The Balaban J connectivity index is 2.76. The highest BCUT2D eigenvalue weighted by Crippen LogP contribution is 2.18. The Bertz CT molecular complexity index is 379. The van der Waals surface area contributed by atoms with Crippen LogP contribution in [0.5, 0.6) is 0 Å². The molecule has 0 heterocycles. The van der Waals surface area contributed by atoms with Gasteiger partial charge in [0.25, 0.3) is 0 Å².